The fraction of sp³-hybridized carbons (Fsp3) is 0.417. The minimum absolute atomic E-state index is 0.192. The number of benzene rings is 3. The molecule has 24 heavy (non-hydrogen) atoms. The zero-order chi connectivity index (χ0) is 16.9. The zero-order valence-corrected chi connectivity index (χ0v) is 15.4. The first-order valence-corrected chi connectivity index (χ1v) is 9.41. The monoisotopic (exact) mass is 316 g/mol. The van der Waals surface area contributed by atoms with E-state index >= 15 is 0 Å². The second kappa shape index (κ2) is 5.62. The first kappa shape index (κ1) is 15.7. The van der Waals surface area contributed by atoms with Gasteiger partial charge < -0.3 is 0 Å². The van der Waals surface area contributed by atoms with Gasteiger partial charge >= 0.3 is 0 Å². The summed E-state index contributed by atoms with van der Waals surface area (Å²) in [6.07, 6.45) is 5.49. The lowest BCUT2D eigenvalue weighted by molar-refractivity contribution is 0.584. The van der Waals surface area contributed by atoms with E-state index in [-0.39, 0.29) is 5.41 Å². The molecule has 1 fully saturated rings. The van der Waals surface area contributed by atoms with Crippen LogP contribution in [0, 0.1) is 6.92 Å². The maximum atomic E-state index is 2.54. The molecule has 0 bridgehead atoms. The highest BCUT2D eigenvalue weighted by atomic mass is 14.3. The normalized spacial score (nSPS) is 16.3. The Morgan fingerprint density at radius 1 is 0.833 bits per heavy atom. The van der Waals surface area contributed by atoms with Crippen LogP contribution in [-0.2, 0) is 5.41 Å². The van der Waals surface area contributed by atoms with Crippen LogP contribution in [0.3, 0.4) is 0 Å². The van der Waals surface area contributed by atoms with Gasteiger partial charge in [0.05, 0.1) is 0 Å². The molecule has 1 aliphatic carbocycles. The van der Waals surface area contributed by atoms with Crippen LogP contribution in [0.5, 0.6) is 0 Å². The molecule has 0 radical (unpaired) electrons. The van der Waals surface area contributed by atoms with Crippen LogP contribution in [0.2, 0.25) is 0 Å². The molecule has 4 rings (SSSR count). The Labute approximate surface area is 145 Å². The van der Waals surface area contributed by atoms with Gasteiger partial charge in [-0.1, -0.05) is 63.9 Å². The van der Waals surface area contributed by atoms with Crippen molar-refractivity contribution in [1.29, 1.82) is 0 Å². The summed E-state index contributed by atoms with van der Waals surface area (Å²) in [4.78, 5) is 0. The highest BCUT2D eigenvalue weighted by Crippen LogP contribution is 2.42. The lowest BCUT2D eigenvalue weighted by Gasteiger charge is -2.26. The number of hydrogen-bond acceptors (Lipinski definition) is 0. The fourth-order valence-corrected chi connectivity index (χ4v) is 4.63. The van der Waals surface area contributed by atoms with E-state index in [9.17, 15) is 0 Å². The quantitative estimate of drug-likeness (QED) is 0.414. The Hall–Kier alpha value is -1.82. The van der Waals surface area contributed by atoms with Crippen molar-refractivity contribution in [1.82, 2.24) is 0 Å². The minimum Gasteiger partial charge on any atom is -0.0616 e. The second-order valence-corrected chi connectivity index (χ2v) is 8.61. The van der Waals surface area contributed by atoms with Gasteiger partial charge in [-0.3, -0.25) is 0 Å². The van der Waals surface area contributed by atoms with Crippen molar-refractivity contribution < 1.29 is 0 Å². The van der Waals surface area contributed by atoms with E-state index in [0.29, 0.717) is 0 Å². The van der Waals surface area contributed by atoms with E-state index in [1.807, 2.05) is 0 Å². The zero-order valence-electron chi connectivity index (χ0n) is 15.4. The number of fused-ring (bicyclic) bond motifs is 2. The van der Waals surface area contributed by atoms with Gasteiger partial charge in [-0.05, 0) is 81.5 Å². The van der Waals surface area contributed by atoms with E-state index in [1.165, 1.54) is 58.4 Å². The SMILES string of the molecule is Cc1c(C(C)(C)C)cc(C2CCCC2)c2cc3ccccc3cc12. The van der Waals surface area contributed by atoms with Gasteiger partial charge in [0.1, 0.15) is 0 Å². The molecular formula is C24H28. The molecule has 0 heterocycles. The van der Waals surface area contributed by atoms with Crippen LogP contribution in [-0.4, -0.2) is 0 Å². The minimum atomic E-state index is 0.192. The predicted octanol–water partition coefficient (Wildman–Crippen LogP) is 7.26. The van der Waals surface area contributed by atoms with Crippen molar-refractivity contribution in [2.24, 2.45) is 0 Å². The molecule has 0 N–H and O–H groups in total. The van der Waals surface area contributed by atoms with Crippen LogP contribution < -0.4 is 0 Å². The summed E-state index contributed by atoms with van der Waals surface area (Å²) >= 11 is 0. The van der Waals surface area contributed by atoms with Crippen molar-refractivity contribution in [3.63, 3.8) is 0 Å². The molecule has 1 saturated carbocycles. The Morgan fingerprint density at radius 2 is 1.42 bits per heavy atom. The third-order valence-corrected chi connectivity index (χ3v) is 5.91. The van der Waals surface area contributed by atoms with Gasteiger partial charge in [0.15, 0.2) is 0 Å². The van der Waals surface area contributed by atoms with E-state index in [4.69, 9.17) is 0 Å². The Morgan fingerprint density at radius 3 is 2.00 bits per heavy atom. The van der Waals surface area contributed by atoms with Gasteiger partial charge in [0.2, 0.25) is 0 Å². The van der Waals surface area contributed by atoms with Crippen LogP contribution in [0.4, 0.5) is 0 Å². The van der Waals surface area contributed by atoms with Crippen molar-refractivity contribution in [3.8, 4) is 0 Å². The smallest absolute Gasteiger partial charge is 0.0129 e. The highest BCUT2D eigenvalue weighted by molar-refractivity contribution is 6.01. The first-order chi connectivity index (χ1) is 11.4. The topological polar surface area (TPSA) is 0 Å². The standard InChI is InChI=1S/C24H28/c1-16-20-13-18-11-7-8-12-19(18)14-22(20)21(17-9-5-6-10-17)15-23(16)24(2,3)4/h7-8,11-15,17H,5-6,9-10H2,1-4H3. The molecule has 0 aliphatic heterocycles. The van der Waals surface area contributed by atoms with Crippen molar-refractivity contribution >= 4 is 21.5 Å². The van der Waals surface area contributed by atoms with Crippen LogP contribution in [0.15, 0.2) is 42.5 Å². The Bertz CT molecular complexity index is 903. The number of aryl methyl sites for hydroxylation is 1. The summed E-state index contributed by atoms with van der Waals surface area (Å²) in [5.41, 5.74) is 4.78. The van der Waals surface area contributed by atoms with E-state index in [2.05, 4.69) is 70.2 Å². The molecule has 0 heteroatoms. The fourth-order valence-electron chi connectivity index (χ4n) is 4.63. The first-order valence-electron chi connectivity index (χ1n) is 9.41. The molecule has 0 aromatic heterocycles. The molecule has 0 spiro atoms. The number of hydrogen-bond donors (Lipinski definition) is 0. The molecule has 0 nitrogen and oxygen atoms in total. The maximum absolute atomic E-state index is 2.54. The van der Waals surface area contributed by atoms with Crippen molar-refractivity contribution in [2.75, 3.05) is 0 Å². The summed E-state index contributed by atoms with van der Waals surface area (Å²) in [6, 6.07) is 16.2. The molecule has 1 aliphatic rings. The van der Waals surface area contributed by atoms with E-state index in [0.717, 1.165) is 5.92 Å². The van der Waals surface area contributed by atoms with Crippen LogP contribution in [0.1, 0.15) is 69.1 Å². The third-order valence-electron chi connectivity index (χ3n) is 5.91. The molecular weight excluding hydrogens is 288 g/mol. The predicted molar refractivity (Wildman–Crippen MR) is 106 cm³/mol. The van der Waals surface area contributed by atoms with Crippen LogP contribution >= 0.6 is 0 Å². The number of rotatable bonds is 1. The largest absolute Gasteiger partial charge is 0.0616 e. The molecule has 0 unspecified atom stereocenters. The summed E-state index contributed by atoms with van der Waals surface area (Å²) in [5.74, 6) is 0.746. The second-order valence-electron chi connectivity index (χ2n) is 8.61. The van der Waals surface area contributed by atoms with Gasteiger partial charge in [0.25, 0.3) is 0 Å². The van der Waals surface area contributed by atoms with Gasteiger partial charge in [-0.25, -0.2) is 0 Å². The Kier molecular flexibility index (Phi) is 3.67. The molecule has 3 aromatic rings. The van der Waals surface area contributed by atoms with Gasteiger partial charge in [-0.2, -0.15) is 0 Å². The highest BCUT2D eigenvalue weighted by Gasteiger charge is 2.25. The third kappa shape index (κ3) is 2.53. The lowest BCUT2D eigenvalue weighted by atomic mass is 9.78. The molecule has 0 amide bonds. The summed E-state index contributed by atoms with van der Waals surface area (Å²) in [5, 5.41) is 5.68. The van der Waals surface area contributed by atoms with Crippen molar-refractivity contribution in [3.05, 3.63) is 59.2 Å². The van der Waals surface area contributed by atoms with Crippen LogP contribution in [0.25, 0.3) is 21.5 Å². The van der Waals surface area contributed by atoms with E-state index < -0.39 is 0 Å². The van der Waals surface area contributed by atoms with E-state index in [1.54, 1.807) is 5.56 Å². The lowest BCUT2D eigenvalue weighted by Crippen LogP contribution is -2.14. The summed E-state index contributed by atoms with van der Waals surface area (Å²) in [7, 11) is 0. The maximum Gasteiger partial charge on any atom is -0.0129 e. The van der Waals surface area contributed by atoms with Crippen molar-refractivity contribution in [2.45, 2.75) is 64.7 Å². The Balaban J connectivity index is 2.10. The summed E-state index contributed by atoms with van der Waals surface area (Å²) < 4.78 is 0. The molecule has 124 valence electrons. The van der Waals surface area contributed by atoms with Gasteiger partial charge in [0, 0.05) is 0 Å². The summed E-state index contributed by atoms with van der Waals surface area (Å²) in [6.45, 7) is 9.36. The average molecular weight is 316 g/mol. The molecule has 0 saturated heterocycles. The average Bonchev–Trinajstić information content (AvgIpc) is 3.07. The van der Waals surface area contributed by atoms with Gasteiger partial charge in [-0.15, -0.1) is 0 Å². The molecule has 3 aromatic carbocycles. The molecule has 0 atom stereocenters.